The van der Waals surface area contributed by atoms with Gasteiger partial charge in [0.15, 0.2) is 9.84 Å². The largest absolute Gasteiger partial charge is 0.346 e. The Morgan fingerprint density at radius 1 is 1.11 bits per heavy atom. The maximum absolute atomic E-state index is 13.2. The van der Waals surface area contributed by atoms with Crippen LogP contribution >= 0.6 is 11.3 Å². The molecule has 0 radical (unpaired) electrons. The minimum absolute atomic E-state index is 0.0644. The lowest BCUT2D eigenvalue weighted by Gasteiger charge is -2.18. The second-order valence-corrected chi connectivity index (χ2v) is 10.3. The molecule has 0 spiro atoms. The predicted octanol–water partition coefficient (Wildman–Crippen LogP) is 2.78. The van der Waals surface area contributed by atoms with Crippen LogP contribution < -0.4 is 10.6 Å². The molecule has 1 heterocycles. The molecule has 8 heteroatoms. The van der Waals surface area contributed by atoms with Gasteiger partial charge in [-0.3, -0.25) is 9.59 Å². The highest BCUT2D eigenvalue weighted by molar-refractivity contribution is 7.91. The van der Waals surface area contributed by atoms with Crippen molar-refractivity contribution in [3.8, 4) is 0 Å². The van der Waals surface area contributed by atoms with Gasteiger partial charge in [0, 0.05) is 17.5 Å². The molecule has 1 aromatic carbocycles. The van der Waals surface area contributed by atoms with E-state index in [4.69, 9.17) is 0 Å². The van der Waals surface area contributed by atoms with Crippen LogP contribution in [-0.4, -0.2) is 32.8 Å². The minimum Gasteiger partial charge on any atom is -0.346 e. The van der Waals surface area contributed by atoms with Gasteiger partial charge in [-0.1, -0.05) is 32.0 Å². The molecule has 28 heavy (non-hydrogen) atoms. The van der Waals surface area contributed by atoms with Gasteiger partial charge in [0.05, 0.1) is 4.90 Å². The molecule has 0 aliphatic heterocycles. The molecule has 0 unspecified atom stereocenters. The Bertz CT molecular complexity index is 931. The third-order valence-corrected chi connectivity index (χ3v) is 7.91. The molecule has 3 rings (SSSR count). The first-order chi connectivity index (χ1) is 13.3. The maximum Gasteiger partial charge on any atom is 0.309 e. The van der Waals surface area contributed by atoms with E-state index < -0.39 is 26.9 Å². The lowest BCUT2D eigenvalue weighted by molar-refractivity contribution is -0.139. The van der Waals surface area contributed by atoms with Gasteiger partial charge in [0.2, 0.25) is 0 Å². The SMILES string of the molecule is CC(C)c1ccc(S(=O)(=O)[C@@H](CNC(=O)C(=O)NC2CC2)c2cccs2)cc1. The van der Waals surface area contributed by atoms with Crippen LogP contribution in [0.5, 0.6) is 0 Å². The van der Waals surface area contributed by atoms with Crippen molar-refractivity contribution in [2.75, 3.05) is 6.54 Å². The molecule has 150 valence electrons. The van der Waals surface area contributed by atoms with Gasteiger partial charge in [-0.15, -0.1) is 11.3 Å². The quantitative estimate of drug-likeness (QED) is 0.674. The smallest absolute Gasteiger partial charge is 0.309 e. The van der Waals surface area contributed by atoms with E-state index in [9.17, 15) is 18.0 Å². The molecule has 0 bridgehead atoms. The number of thiophene rings is 1. The Balaban J connectivity index is 1.79. The Labute approximate surface area is 169 Å². The van der Waals surface area contributed by atoms with Crippen molar-refractivity contribution in [3.05, 3.63) is 52.2 Å². The summed E-state index contributed by atoms with van der Waals surface area (Å²) in [4.78, 5) is 24.7. The van der Waals surface area contributed by atoms with Crippen molar-refractivity contribution in [3.63, 3.8) is 0 Å². The lowest BCUT2D eigenvalue weighted by atomic mass is 10.0. The van der Waals surface area contributed by atoms with Crippen LogP contribution in [0.3, 0.4) is 0 Å². The summed E-state index contributed by atoms with van der Waals surface area (Å²) in [6.45, 7) is 3.92. The monoisotopic (exact) mass is 420 g/mol. The molecule has 1 aliphatic rings. The van der Waals surface area contributed by atoms with Gasteiger partial charge >= 0.3 is 11.8 Å². The fourth-order valence-corrected chi connectivity index (χ4v) is 5.57. The minimum atomic E-state index is -3.73. The molecule has 2 amide bonds. The highest BCUT2D eigenvalue weighted by Crippen LogP contribution is 2.32. The second-order valence-electron chi connectivity index (χ2n) is 7.23. The summed E-state index contributed by atoms with van der Waals surface area (Å²) in [6, 6.07) is 10.4. The van der Waals surface area contributed by atoms with E-state index >= 15 is 0 Å². The Morgan fingerprint density at radius 3 is 2.32 bits per heavy atom. The molecule has 1 atom stereocenters. The van der Waals surface area contributed by atoms with Crippen LogP contribution in [0.1, 0.15) is 48.3 Å². The number of hydrogen-bond acceptors (Lipinski definition) is 5. The first-order valence-electron chi connectivity index (χ1n) is 9.25. The molecular formula is C20H24N2O4S2. The molecule has 1 fully saturated rings. The van der Waals surface area contributed by atoms with Crippen molar-refractivity contribution < 1.29 is 18.0 Å². The Morgan fingerprint density at radius 2 is 1.79 bits per heavy atom. The number of sulfone groups is 1. The summed E-state index contributed by atoms with van der Waals surface area (Å²) in [5.41, 5.74) is 1.05. The van der Waals surface area contributed by atoms with E-state index in [-0.39, 0.29) is 17.5 Å². The molecule has 2 N–H and O–H groups in total. The number of rotatable bonds is 7. The molecule has 1 aliphatic carbocycles. The third kappa shape index (κ3) is 4.80. The fourth-order valence-electron chi connectivity index (χ4n) is 2.79. The van der Waals surface area contributed by atoms with Crippen molar-refractivity contribution in [1.82, 2.24) is 10.6 Å². The fraction of sp³-hybridized carbons (Fsp3) is 0.400. The van der Waals surface area contributed by atoms with E-state index in [0.717, 1.165) is 18.4 Å². The average molecular weight is 421 g/mol. The summed E-state index contributed by atoms with van der Waals surface area (Å²) in [6.07, 6.45) is 1.75. The van der Waals surface area contributed by atoms with E-state index in [1.807, 2.05) is 26.0 Å². The van der Waals surface area contributed by atoms with E-state index in [2.05, 4.69) is 10.6 Å². The first-order valence-corrected chi connectivity index (χ1v) is 11.7. The third-order valence-electron chi connectivity index (χ3n) is 4.68. The zero-order valence-electron chi connectivity index (χ0n) is 15.8. The number of hydrogen-bond donors (Lipinski definition) is 2. The molecular weight excluding hydrogens is 396 g/mol. The number of benzene rings is 1. The van der Waals surface area contributed by atoms with Crippen LogP contribution in [0.2, 0.25) is 0 Å². The lowest BCUT2D eigenvalue weighted by Crippen LogP contribution is -2.42. The molecule has 1 aromatic heterocycles. The average Bonchev–Trinajstić information content (AvgIpc) is 3.32. The standard InChI is InChI=1S/C20H24N2O4S2/c1-13(2)14-5-9-16(10-6-14)28(25,26)18(17-4-3-11-27-17)12-21-19(23)20(24)22-15-7-8-15/h3-6,9-11,13,15,18H,7-8,12H2,1-2H3,(H,21,23)(H,22,24)/t18-/m0/s1. The highest BCUT2D eigenvalue weighted by atomic mass is 32.2. The molecule has 6 nitrogen and oxygen atoms in total. The molecule has 1 saturated carbocycles. The van der Waals surface area contributed by atoms with Gasteiger partial charge in [0.1, 0.15) is 5.25 Å². The van der Waals surface area contributed by atoms with Crippen molar-refractivity contribution in [1.29, 1.82) is 0 Å². The van der Waals surface area contributed by atoms with Crippen LogP contribution in [0.25, 0.3) is 0 Å². The summed E-state index contributed by atoms with van der Waals surface area (Å²) >= 11 is 1.31. The van der Waals surface area contributed by atoms with E-state index in [1.54, 1.807) is 29.6 Å². The maximum atomic E-state index is 13.2. The summed E-state index contributed by atoms with van der Waals surface area (Å²) in [5, 5.41) is 5.93. The highest BCUT2D eigenvalue weighted by Gasteiger charge is 2.32. The van der Waals surface area contributed by atoms with Gasteiger partial charge in [-0.2, -0.15) is 0 Å². The zero-order valence-corrected chi connectivity index (χ0v) is 17.5. The summed E-state index contributed by atoms with van der Waals surface area (Å²) in [5.74, 6) is -1.22. The Hall–Kier alpha value is -2.19. The predicted molar refractivity (Wildman–Crippen MR) is 109 cm³/mol. The van der Waals surface area contributed by atoms with Crippen molar-refractivity contribution in [2.24, 2.45) is 0 Å². The van der Waals surface area contributed by atoms with E-state index in [0.29, 0.717) is 10.8 Å². The van der Waals surface area contributed by atoms with Gasteiger partial charge < -0.3 is 10.6 Å². The van der Waals surface area contributed by atoms with E-state index in [1.165, 1.54) is 11.3 Å². The number of carbonyl (C=O) groups is 2. The van der Waals surface area contributed by atoms with Crippen LogP contribution in [0.4, 0.5) is 0 Å². The summed E-state index contributed by atoms with van der Waals surface area (Å²) < 4.78 is 26.5. The van der Waals surface area contributed by atoms with Crippen LogP contribution in [0.15, 0.2) is 46.7 Å². The number of nitrogens with one attached hydrogen (secondary N) is 2. The first kappa shape index (κ1) is 20.5. The topological polar surface area (TPSA) is 92.3 Å². The van der Waals surface area contributed by atoms with Crippen molar-refractivity contribution in [2.45, 2.75) is 48.8 Å². The van der Waals surface area contributed by atoms with Crippen molar-refractivity contribution >= 4 is 33.0 Å². The number of carbonyl (C=O) groups excluding carboxylic acids is 2. The summed E-state index contributed by atoms with van der Waals surface area (Å²) in [7, 11) is -3.73. The second kappa shape index (κ2) is 8.45. The van der Waals surface area contributed by atoms with Gasteiger partial charge in [-0.25, -0.2) is 8.42 Å². The van der Waals surface area contributed by atoms with Gasteiger partial charge in [-0.05, 0) is 47.9 Å². The Kier molecular flexibility index (Phi) is 6.20. The molecule has 2 aromatic rings. The van der Waals surface area contributed by atoms with Gasteiger partial charge in [0.25, 0.3) is 0 Å². The zero-order chi connectivity index (χ0) is 20.3. The molecule has 0 saturated heterocycles. The van der Waals surface area contributed by atoms with Crippen LogP contribution in [0, 0.1) is 0 Å². The number of amides is 2. The normalized spacial score (nSPS) is 15.2. The van der Waals surface area contributed by atoms with Crippen LogP contribution in [-0.2, 0) is 19.4 Å².